The van der Waals surface area contributed by atoms with E-state index in [1.807, 2.05) is 12.3 Å². The lowest BCUT2D eigenvalue weighted by Crippen LogP contribution is -2.17. The Kier molecular flexibility index (Phi) is 4.85. The first-order valence-corrected chi connectivity index (χ1v) is 8.37. The second kappa shape index (κ2) is 7.23. The van der Waals surface area contributed by atoms with Crippen molar-refractivity contribution in [1.29, 1.82) is 5.26 Å². The molecule has 3 rings (SSSR count). The lowest BCUT2D eigenvalue weighted by Gasteiger charge is -2.08. The Morgan fingerprint density at radius 3 is 2.88 bits per heavy atom. The smallest absolute Gasteiger partial charge is 0.274 e. The van der Waals surface area contributed by atoms with Crippen LogP contribution in [0.1, 0.15) is 36.3 Å². The quantitative estimate of drug-likeness (QED) is 0.739. The van der Waals surface area contributed by atoms with E-state index in [0.717, 1.165) is 29.9 Å². The summed E-state index contributed by atoms with van der Waals surface area (Å²) in [6, 6.07) is 8.78. The van der Waals surface area contributed by atoms with Crippen molar-refractivity contribution < 1.29 is 4.79 Å². The molecule has 2 heterocycles. The van der Waals surface area contributed by atoms with Crippen molar-refractivity contribution in [3.05, 3.63) is 58.4 Å². The van der Waals surface area contributed by atoms with Crippen molar-refractivity contribution in [2.24, 2.45) is 5.92 Å². The highest BCUT2D eigenvalue weighted by atomic mass is 16.2. The predicted octanol–water partition coefficient (Wildman–Crippen LogP) is 2.89. The largest absolute Gasteiger partial charge is 0.346 e. The number of fused-ring (bicyclic) bond motifs is 1. The molecule has 0 unspecified atom stereocenters. The Hall–Kier alpha value is -3.40. The van der Waals surface area contributed by atoms with E-state index in [9.17, 15) is 14.9 Å². The Morgan fingerprint density at radius 1 is 1.38 bits per heavy atom. The SMILES string of the molecule is CC(C)CCn1cc(C#N)c2cc(NC(=O)c3cc(=O)[nH]cn3)ccc21. The van der Waals surface area contributed by atoms with Crippen LogP contribution in [0.4, 0.5) is 5.69 Å². The van der Waals surface area contributed by atoms with E-state index in [1.54, 1.807) is 12.1 Å². The van der Waals surface area contributed by atoms with Crippen LogP contribution in [-0.2, 0) is 6.54 Å². The first kappa shape index (κ1) is 17.4. The number of aryl methyl sites for hydroxylation is 1. The second-order valence-electron chi connectivity index (χ2n) is 6.51. The minimum absolute atomic E-state index is 0.0313. The van der Waals surface area contributed by atoms with Crippen molar-refractivity contribution in [2.45, 2.75) is 26.8 Å². The Morgan fingerprint density at radius 2 is 2.19 bits per heavy atom. The van der Waals surface area contributed by atoms with Gasteiger partial charge >= 0.3 is 0 Å². The van der Waals surface area contributed by atoms with Gasteiger partial charge in [0.25, 0.3) is 11.5 Å². The number of benzene rings is 1. The van der Waals surface area contributed by atoms with Gasteiger partial charge in [0.15, 0.2) is 0 Å². The number of anilines is 1. The molecule has 0 saturated carbocycles. The maximum Gasteiger partial charge on any atom is 0.274 e. The van der Waals surface area contributed by atoms with Gasteiger partial charge in [-0.2, -0.15) is 5.26 Å². The molecular formula is C19H19N5O2. The summed E-state index contributed by atoms with van der Waals surface area (Å²) in [6.07, 6.45) is 4.04. The van der Waals surface area contributed by atoms with E-state index in [2.05, 4.69) is 39.8 Å². The molecule has 0 aliphatic heterocycles. The molecular weight excluding hydrogens is 330 g/mol. The first-order valence-electron chi connectivity index (χ1n) is 8.37. The molecule has 0 aliphatic rings. The summed E-state index contributed by atoms with van der Waals surface area (Å²) in [5.41, 5.74) is 1.70. The number of nitriles is 1. The van der Waals surface area contributed by atoms with Gasteiger partial charge in [-0.25, -0.2) is 4.98 Å². The molecule has 0 atom stereocenters. The lowest BCUT2D eigenvalue weighted by atomic mass is 10.1. The van der Waals surface area contributed by atoms with Gasteiger partial charge in [0.05, 0.1) is 11.9 Å². The van der Waals surface area contributed by atoms with E-state index in [4.69, 9.17) is 0 Å². The molecule has 0 spiro atoms. The lowest BCUT2D eigenvalue weighted by molar-refractivity contribution is 0.102. The number of nitrogens with zero attached hydrogens (tertiary/aromatic N) is 3. The van der Waals surface area contributed by atoms with E-state index < -0.39 is 11.5 Å². The molecule has 2 aromatic heterocycles. The Bertz CT molecular complexity index is 1060. The van der Waals surface area contributed by atoms with Crippen LogP contribution in [0.2, 0.25) is 0 Å². The van der Waals surface area contributed by atoms with Gasteiger partial charge in [-0.3, -0.25) is 9.59 Å². The average Bonchev–Trinajstić information content (AvgIpc) is 2.97. The fourth-order valence-corrected chi connectivity index (χ4v) is 2.73. The van der Waals surface area contributed by atoms with Crippen LogP contribution in [0.3, 0.4) is 0 Å². The summed E-state index contributed by atoms with van der Waals surface area (Å²) in [5.74, 6) is 0.0891. The van der Waals surface area contributed by atoms with Crippen molar-refractivity contribution in [3.8, 4) is 6.07 Å². The fraction of sp³-hybridized carbons (Fsp3) is 0.263. The van der Waals surface area contributed by atoms with Crippen molar-refractivity contribution in [2.75, 3.05) is 5.32 Å². The summed E-state index contributed by atoms with van der Waals surface area (Å²) < 4.78 is 2.07. The number of aromatic amines is 1. The van der Waals surface area contributed by atoms with Crippen LogP contribution in [0.25, 0.3) is 10.9 Å². The molecule has 7 nitrogen and oxygen atoms in total. The maximum absolute atomic E-state index is 12.2. The summed E-state index contributed by atoms with van der Waals surface area (Å²) in [6.45, 7) is 5.15. The number of carbonyl (C=O) groups excluding carboxylic acids is 1. The van der Waals surface area contributed by atoms with Crippen molar-refractivity contribution >= 4 is 22.5 Å². The Labute approximate surface area is 150 Å². The summed E-state index contributed by atoms with van der Waals surface area (Å²) >= 11 is 0. The van der Waals surface area contributed by atoms with E-state index in [0.29, 0.717) is 17.2 Å². The number of hydrogen-bond acceptors (Lipinski definition) is 4. The third-order valence-electron chi connectivity index (χ3n) is 4.12. The average molecular weight is 349 g/mol. The molecule has 7 heteroatoms. The number of aromatic nitrogens is 3. The zero-order valence-electron chi connectivity index (χ0n) is 14.6. The number of rotatable bonds is 5. The topological polar surface area (TPSA) is 104 Å². The molecule has 0 bridgehead atoms. The standard InChI is InChI=1S/C19H19N5O2/c1-12(2)5-6-24-10-13(9-20)15-7-14(3-4-17(15)24)23-19(26)16-8-18(25)22-11-21-16/h3-4,7-8,10-12H,5-6H2,1-2H3,(H,23,26)(H,21,22,25). The van der Waals surface area contributed by atoms with Gasteiger partial charge in [0.2, 0.25) is 0 Å². The molecule has 0 radical (unpaired) electrons. The number of carbonyl (C=O) groups is 1. The molecule has 0 aliphatic carbocycles. The highest BCUT2D eigenvalue weighted by molar-refractivity contribution is 6.04. The molecule has 1 amide bonds. The zero-order chi connectivity index (χ0) is 18.7. The minimum Gasteiger partial charge on any atom is -0.346 e. The number of H-pyrrole nitrogens is 1. The van der Waals surface area contributed by atoms with Crippen LogP contribution in [0.5, 0.6) is 0 Å². The van der Waals surface area contributed by atoms with Gasteiger partial charge in [0.1, 0.15) is 11.8 Å². The second-order valence-corrected chi connectivity index (χ2v) is 6.51. The van der Waals surface area contributed by atoms with Gasteiger partial charge < -0.3 is 14.9 Å². The van der Waals surface area contributed by atoms with E-state index in [-0.39, 0.29) is 5.69 Å². The van der Waals surface area contributed by atoms with E-state index in [1.165, 1.54) is 6.33 Å². The normalized spacial score (nSPS) is 10.8. The number of hydrogen-bond donors (Lipinski definition) is 2. The minimum atomic E-state index is -0.479. The van der Waals surface area contributed by atoms with Crippen LogP contribution in [0.15, 0.2) is 41.6 Å². The summed E-state index contributed by atoms with van der Waals surface area (Å²) in [7, 11) is 0. The van der Waals surface area contributed by atoms with Crippen LogP contribution >= 0.6 is 0 Å². The van der Waals surface area contributed by atoms with Crippen LogP contribution < -0.4 is 10.9 Å². The molecule has 1 aromatic carbocycles. The first-order chi connectivity index (χ1) is 12.5. The highest BCUT2D eigenvalue weighted by Gasteiger charge is 2.12. The molecule has 0 saturated heterocycles. The van der Waals surface area contributed by atoms with Gasteiger partial charge in [0, 0.05) is 35.4 Å². The molecule has 132 valence electrons. The molecule has 3 aromatic rings. The third kappa shape index (κ3) is 3.64. The summed E-state index contributed by atoms with van der Waals surface area (Å²) in [4.78, 5) is 29.8. The van der Waals surface area contributed by atoms with Gasteiger partial charge in [-0.05, 0) is 30.5 Å². The van der Waals surface area contributed by atoms with Gasteiger partial charge in [-0.1, -0.05) is 13.8 Å². The predicted molar refractivity (Wildman–Crippen MR) is 98.9 cm³/mol. The molecule has 0 fully saturated rings. The number of nitrogens with one attached hydrogen (secondary N) is 2. The molecule has 26 heavy (non-hydrogen) atoms. The van der Waals surface area contributed by atoms with Crippen LogP contribution in [0, 0.1) is 17.2 Å². The van der Waals surface area contributed by atoms with Gasteiger partial charge in [-0.15, -0.1) is 0 Å². The monoisotopic (exact) mass is 349 g/mol. The summed E-state index contributed by atoms with van der Waals surface area (Å²) in [5, 5.41) is 12.9. The van der Waals surface area contributed by atoms with Crippen LogP contribution in [-0.4, -0.2) is 20.4 Å². The third-order valence-corrected chi connectivity index (χ3v) is 4.12. The molecule has 2 N–H and O–H groups in total. The van der Waals surface area contributed by atoms with Crippen molar-refractivity contribution in [1.82, 2.24) is 14.5 Å². The Balaban J connectivity index is 1.90. The maximum atomic E-state index is 12.2. The van der Waals surface area contributed by atoms with E-state index >= 15 is 0 Å². The number of amides is 1. The fourth-order valence-electron chi connectivity index (χ4n) is 2.73. The highest BCUT2D eigenvalue weighted by Crippen LogP contribution is 2.25. The van der Waals surface area contributed by atoms with Crippen molar-refractivity contribution in [3.63, 3.8) is 0 Å². The zero-order valence-corrected chi connectivity index (χ0v) is 14.6.